The first kappa shape index (κ1) is 14.9. The molecule has 4 heteroatoms. The third-order valence-electron chi connectivity index (χ3n) is 3.13. The molecule has 3 nitrogen and oxygen atoms in total. The molecule has 0 fully saturated rings. The largest absolute Gasteiger partial charge is 0.494 e. The van der Waals surface area contributed by atoms with Crippen molar-refractivity contribution in [3.63, 3.8) is 0 Å². The number of halogens is 1. The summed E-state index contributed by atoms with van der Waals surface area (Å²) >= 11 is 0. The van der Waals surface area contributed by atoms with E-state index in [1.807, 2.05) is 20.0 Å². The molecular weight excluding hydrogens is 233 g/mol. The Morgan fingerprint density at radius 2 is 2.06 bits per heavy atom. The van der Waals surface area contributed by atoms with E-state index >= 15 is 0 Å². The van der Waals surface area contributed by atoms with Crippen LogP contribution >= 0.6 is 0 Å². The summed E-state index contributed by atoms with van der Waals surface area (Å²) in [4.78, 5) is 0. The standard InChI is InChI=1S/C14H22FNO2/c1-10(17-3)7-12(16-2)8-11-5-6-14(18-4)13(15)9-11/h5-6,9-10,12,16H,7-8H2,1-4H3. The fourth-order valence-corrected chi connectivity index (χ4v) is 1.92. The SMILES string of the molecule is CNC(Cc1ccc(OC)c(F)c1)CC(C)OC. The molecule has 2 atom stereocenters. The zero-order valence-corrected chi connectivity index (χ0v) is 11.5. The molecule has 0 aromatic heterocycles. The normalized spacial score (nSPS) is 14.3. The lowest BCUT2D eigenvalue weighted by Crippen LogP contribution is -2.31. The summed E-state index contributed by atoms with van der Waals surface area (Å²) in [5.74, 6) is -0.0327. The van der Waals surface area contributed by atoms with Crippen LogP contribution in [0.2, 0.25) is 0 Å². The van der Waals surface area contributed by atoms with Crippen LogP contribution < -0.4 is 10.1 Å². The van der Waals surface area contributed by atoms with E-state index < -0.39 is 0 Å². The fourth-order valence-electron chi connectivity index (χ4n) is 1.92. The lowest BCUT2D eigenvalue weighted by Gasteiger charge is -2.20. The molecule has 0 radical (unpaired) electrons. The maximum absolute atomic E-state index is 13.6. The summed E-state index contributed by atoms with van der Waals surface area (Å²) in [6.07, 6.45) is 1.84. The second-order valence-electron chi connectivity index (χ2n) is 4.44. The zero-order chi connectivity index (χ0) is 13.5. The number of hydrogen-bond donors (Lipinski definition) is 1. The third-order valence-corrected chi connectivity index (χ3v) is 3.13. The van der Waals surface area contributed by atoms with E-state index in [1.165, 1.54) is 13.2 Å². The predicted octanol–water partition coefficient (Wildman–Crippen LogP) is 2.39. The Morgan fingerprint density at radius 1 is 1.33 bits per heavy atom. The maximum atomic E-state index is 13.6. The van der Waals surface area contributed by atoms with Crippen LogP contribution in [0, 0.1) is 5.82 Å². The number of ether oxygens (including phenoxy) is 2. The van der Waals surface area contributed by atoms with Crippen molar-refractivity contribution in [1.82, 2.24) is 5.32 Å². The Hall–Kier alpha value is -1.13. The summed E-state index contributed by atoms with van der Waals surface area (Å²) in [6, 6.07) is 5.36. The van der Waals surface area contributed by atoms with Crippen molar-refractivity contribution in [3.8, 4) is 5.75 Å². The third kappa shape index (κ3) is 4.27. The molecule has 1 N–H and O–H groups in total. The fraction of sp³-hybridized carbons (Fsp3) is 0.571. The smallest absolute Gasteiger partial charge is 0.165 e. The highest BCUT2D eigenvalue weighted by Crippen LogP contribution is 2.19. The highest BCUT2D eigenvalue weighted by Gasteiger charge is 2.13. The second kappa shape index (κ2) is 7.34. The lowest BCUT2D eigenvalue weighted by atomic mass is 10.0. The minimum atomic E-state index is -0.315. The van der Waals surface area contributed by atoms with Gasteiger partial charge in [-0.05, 0) is 44.5 Å². The number of hydrogen-bond acceptors (Lipinski definition) is 3. The molecule has 0 aliphatic rings. The molecule has 0 amide bonds. The van der Waals surface area contributed by atoms with E-state index in [9.17, 15) is 4.39 Å². The first-order valence-corrected chi connectivity index (χ1v) is 6.13. The van der Waals surface area contributed by atoms with Crippen molar-refractivity contribution < 1.29 is 13.9 Å². The van der Waals surface area contributed by atoms with E-state index in [1.54, 1.807) is 13.2 Å². The van der Waals surface area contributed by atoms with E-state index in [4.69, 9.17) is 9.47 Å². The van der Waals surface area contributed by atoms with Gasteiger partial charge in [-0.2, -0.15) is 0 Å². The monoisotopic (exact) mass is 255 g/mol. The number of likely N-dealkylation sites (N-methyl/N-ethyl adjacent to an activating group) is 1. The first-order valence-electron chi connectivity index (χ1n) is 6.13. The van der Waals surface area contributed by atoms with Crippen LogP contribution in [0.3, 0.4) is 0 Å². The average Bonchev–Trinajstić information content (AvgIpc) is 2.38. The van der Waals surface area contributed by atoms with Crippen LogP contribution in [0.4, 0.5) is 4.39 Å². The number of benzene rings is 1. The van der Waals surface area contributed by atoms with Gasteiger partial charge < -0.3 is 14.8 Å². The van der Waals surface area contributed by atoms with Gasteiger partial charge in [0.25, 0.3) is 0 Å². The Labute approximate surface area is 108 Å². The van der Waals surface area contributed by atoms with Gasteiger partial charge in [0.15, 0.2) is 11.6 Å². The quantitative estimate of drug-likeness (QED) is 0.811. The first-order chi connectivity index (χ1) is 8.60. The molecule has 0 spiro atoms. The summed E-state index contributed by atoms with van der Waals surface area (Å²) in [5, 5.41) is 3.23. The number of nitrogens with one attached hydrogen (secondary N) is 1. The highest BCUT2D eigenvalue weighted by molar-refractivity contribution is 5.29. The topological polar surface area (TPSA) is 30.5 Å². The average molecular weight is 255 g/mol. The van der Waals surface area contributed by atoms with Gasteiger partial charge >= 0.3 is 0 Å². The molecular formula is C14H22FNO2. The van der Waals surface area contributed by atoms with Crippen LogP contribution in [0.15, 0.2) is 18.2 Å². The highest BCUT2D eigenvalue weighted by atomic mass is 19.1. The Bertz CT molecular complexity index is 371. The molecule has 0 saturated carbocycles. The minimum absolute atomic E-state index is 0.186. The van der Waals surface area contributed by atoms with E-state index in [0.717, 1.165) is 18.4 Å². The van der Waals surface area contributed by atoms with Gasteiger partial charge in [-0.25, -0.2) is 4.39 Å². The summed E-state index contributed by atoms with van der Waals surface area (Å²) in [5.41, 5.74) is 0.955. The van der Waals surface area contributed by atoms with Crippen molar-refractivity contribution in [1.29, 1.82) is 0 Å². The van der Waals surface area contributed by atoms with Gasteiger partial charge in [0.2, 0.25) is 0 Å². The number of methoxy groups -OCH3 is 2. The van der Waals surface area contributed by atoms with Gasteiger partial charge in [0.05, 0.1) is 13.2 Å². The lowest BCUT2D eigenvalue weighted by molar-refractivity contribution is 0.101. The van der Waals surface area contributed by atoms with Crippen LogP contribution in [0.5, 0.6) is 5.75 Å². The molecule has 0 saturated heterocycles. The van der Waals surface area contributed by atoms with Crippen LogP contribution in [-0.2, 0) is 11.2 Å². The van der Waals surface area contributed by atoms with Crippen LogP contribution in [-0.4, -0.2) is 33.4 Å². The van der Waals surface area contributed by atoms with Gasteiger partial charge in [0, 0.05) is 13.2 Å². The van der Waals surface area contributed by atoms with Crippen LogP contribution in [0.25, 0.3) is 0 Å². The molecule has 0 heterocycles. The second-order valence-corrected chi connectivity index (χ2v) is 4.44. The van der Waals surface area contributed by atoms with Gasteiger partial charge in [0.1, 0.15) is 0 Å². The van der Waals surface area contributed by atoms with E-state index in [-0.39, 0.29) is 23.7 Å². The van der Waals surface area contributed by atoms with Crippen LogP contribution in [0.1, 0.15) is 18.9 Å². The zero-order valence-electron chi connectivity index (χ0n) is 11.5. The molecule has 1 aromatic rings. The molecule has 0 aliphatic carbocycles. The summed E-state index contributed by atoms with van der Waals surface area (Å²) in [6.45, 7) is 2.03. The van der Waals surface area contributed by atoms with Crippen molar-refractivity contribution in [2.45, 2.75) is 31.9 Å². The number of rotatable bonds is 7. The molecule has 0 aliphatic heterocycles. The van der Waals surface area contributed by atoms with Crippen molar-refractivity contribution in [2.24, 2.45) is 0 Å². The van der Waals surface area contributed by atoms with Crippen molar-refractivity contribution in [3.05, 3.63) is 29.6 Å². The Kier molecular flexibility index (Phi) is 6.09. The Balaban J connectivity index is 2.67. The van der Waals surface area contributed by atoms with Crippen molar-refractivity contribution >= 4 is 0 Å². The molecule has 1 rings (SSSR count). The molecule has 102 valence electrons. The summed E-state index contributed by atoms with van der Waals surface area (Å²) in [7, 11) is 5.08. The Morgan fingerprint density at radius 3 is 2.56 bits per heavy atom. The predicted molar refractivity (Wildman–Crippen MR) is 70.6 cm³/mol. The van der Waals surface area contributed by atoms with E-state index in [2.05, 4.69) is 5.32 Å². The van der Waals surface area contributed by atoms with Gasteiger partial charge in [-0.15, -0.1) is 0 Å². The van der Waals surface area contributed by atoms with Gasteiger partial charge in [-0.1, -0.05) is 6.07 Å². The van der Waals surface area contributed by atoms with E-state index in [0.29, 0.717) is 0 Å². The molecule has 2 unspecified atom stereocenters. The molecule has 0 bridgehead atoms. The minimum Gasteiger partial charge on any atom is -0.494 e. The maximum Gasteiger partial charge on any atom is 0.165 e. The summed E-state index contributed by atoms with van der Waals surface area (Å²) < 4.78 is 23.7. The molecule has 1 aromatic carbocycles. The molecule has 18 heavy (non-hydrogen) atoms. The van der Waals surface area contributed by atoms with Gasteiger partial charge in [-0.3, -0.25) is 0 Å². The van der Waals surface area contributed by atoms with Crippen molar-refractivity contribution in [2.75, 3.05) is 21.3 Å².